The van der Waals surface area contributed by atoms with Crippen molar-refractivity contribution in [2.45, 2.75) is 46.6 Å². The summed E-state index contributed by atoms with van der Waals surface area (Å²) in [6, 6.07) is 14.9. The van der Waals surface area contributed by atoms with Gasteiger partial charge in [-0.1, -0.05) is 41.5 Å². The smallest absolute Gasteiger partial charge is 0.251 e. The Morgan fingerprint density at radius 2 is 1.55 bits per heavy atom. The normalized spacial score (nSPS) is 10.8. The molecule has 1 amide bonds. The molecule has 0 aliphatic carbocycles. The Hall–Kier alpha value is -2.09. The van der Waals surface area contributed by atoms with Crippen molar-refractivity contribution in [2.75, 3.05) is 0 Å². The molecule has 0 spiro atoms. The molecule has 0 saturated carbocycles. The minimum Gasteiger partial charge on any atom is -0.350 e. The van der Waals surface area contributed by atoms with Crippen molar-refractivity contribution in [2.24, 2.45) is 0 Å². The molecule has 116 valence electrons. The maximum absolute atomic E-state index is 12.2. The third-order valence-corrected chi connectivity index (χ3v) is 3.64. The average molecular weight is 295 g/mol. The zero-order valence-corrected chi connectivity index (χ0v) is 13.9. The minimum absolute atomic E-state index is 0.00952. The van der Waals surface area contributed by atoms with Crippen molar-refractivity contribution < 1.29 is 4.79 Å². The second-order valence-electron chi connectivity index (χ2n) is 6.32. The summed E-state index contributed by atoms with van der Waals surface area (Å²) in [7, 11) is 0. The highest BCUT2D eigenvalue weighted by Crippen LogP contribution is 2.14. The number of rotatable bonds is 5. The lowest BCUT2D eigenvalue weighted by Gasteiger charge is -2.11. The molecular weight excluding hydrogens is 270 g/mol. The lowest BCUT2D eigenvalue weighted by molar-refractivity contribution is 0.0943. The van der Waals surface area contributed by atoms with E-state index in [0.717, 1.165) is 24.0 Å². The predicted molar refractivity (Wildman–Crippen MR) is 92.4 cm³/mol. The number of hydrogen-bond donors (Lipinski definition) is 1. The van der Waals surface area contributed by atoms with Crippen LogP contribution in [0.15, 0.2) is 42.5 Å². The fourth-order valence-electron chi connectivity index (χ4n) is 2.53. The number of carbonyl (C=O) groups excluding carboxylic acids is 1. The minimum atomic E-state index is 0.00952. The summed E-state index contributed by atoms with van der Waals surface area (Å²) in [6.45, 7) is 8.10. The van der Waals surface area contributed by atoms with Crippen LogP contribution in [-0.2, 0) is 12.8 Å². The number of aryl methyl sites for hydroxylation is 4. The Kier molecular flexibility index (Phi) is 5.37. The fraction of sp³-hybridized carbons (Fsp3) is 0.350. The monoisotopic (exact) mass is 295 g/mol. The molecule has 2 nitrogen and oxygen atoms in total. The maximum Gasteiger partial charge on any atom is 0.251 e. The molecule has 2 rings (SSSR count). The molecule has 0 radical (unpaired) electrons. The number of benzene rings is 2. The van der Waals surface area contributed by atoms with Crippen molar-refractivity contribution in [3.63, 3.8) is 0 Å². The molecule has 0 heterocycles. The van der Waals surface area contributed by atoms with E-state index in [1.807, 2.05) is 32.9 Å². The van der Waals surface area contributed by atoms with Gasteiger partial charge in [0.1, 0.15) is 0 Å². The first kappa shape index (κ1) is 16.3. The van der Waals surface area contributed by atoms with Crippen molar-refractivity contribution in [3.8, 4) is 0 Å². The molecule has 0 aliphatic rings. The number of amides is 1. The summed E-state index contributed by atoms with van der Waals surface area (Å²) in [5.74, 6) is 0.00952. The van der Waals surface area contributed by atoms with Gasteiger partial charge < -0.3 is 5.32 Å². The van der Waals surface area contributed by atoms with Gasteiger partial charge in [0.2, 0.25) is 0 Å². The van der Waals surface area contributed by atoms with E-state index in [1.165, 1.54) is 16.7 Å². The van der Waals surface area contributed by atoms with E-state index in [4.69, 9.17) is 0 Å². The fourth-order valence-corrected chi connectivity index (χ4v) is 2.53. The van der Waals surface area contributed by atoms with Crippen LogP contribution in [0.4, 0.5) is 0 Å². The summed E-state index contributed by atoms with van der Waals surface area (Å²) >= 11 is 0. The largest absolute Gasteiger partial charge is 0.350 e. The Bertz CT molecular complexity index is 641. The Balaban J connectivity index is 2.09. The summed E-state index contributed by atoms with van der Waals surface area (Å²) in [4.78, 5) is 12.2. The van der Waals surface area contributed by atoms with Gasteiger partial charge in [-0.2, -0.15) is 0 Å². The lowest BCUT2D eigenvalue weighted by atomic mass is 9.99. The zero-order chi connectivity index (χ0) is 16.1. The van der Waals surface area contributed by atoms with Crippen LogP contribution >= 0.6 is 0 Å². The molecule has 2 heteroatoms. The van der Waals surface area contributed by atoms with Crippen LogP contribution < -0.4 is 5.32 Å². The SMILES string of the molecule is Cc1ccc(CCc2cc(C)cc(C(=O)NC(C)C)c2)cc1. The first-order valence-electron chi connectivity index (χ1n) is 7.91. The molecule has 0 unspecified atom stereocenters. The van der Waals surface area contributed by atoms with Gasteiger partial charge in [0.15, 0.2) is 0 Å². The second kappa shape index (κ2) is 7.26. The predicted octanol–water partition coefficient (Wildman–Crippen LogP) is 4.23. The van der Waals surface area contributed by atoms with Gasteiger partial charge in [-0.05, 0) is 63.8 Å². The topological polar surface area (TPSA) is 29.1 Å². The van der Waals surface area contributed by atoms with Gasteiger partial charge >= 0.3 is 0 Å². The summed E-state index contributed by atoms with van der Waals surface area (Å²) < 4.78 is 0. The van der Waals surface area contributed by atoms with Crippen molar-refractivity contribution >= 4 is 5.91 Å². The molecule has 1 N–H and O–H groups in total. The molecule has 0 saturated heterocycles. The van der Waals surface area contributed by atoms with Gasteiger partial charge in [-0.25, -0.2) is 0 Å². The highest BCUT2D eigenvalue weighted by molar-refractivity contribution is 5.94. The maximum atomic E-state index is 12.2. The molecule has 0 bridgehead atoms. The van der Waals surface area contributed by atoms with Gasteiger partial charge in [-0.15, -0.1) is 0 Å². The third-order valence-electron chi connectivity index (χ3n) is 3.64. The number of hydrogen-bond acceptors (Lipinski definition) is 1. The summed E-state index contributed by atoms with van der Waals surface area (Å²) in [5, 5.41) is 2.95. The van der Waals surface area contributed by atoms with E-state index in [1.54, 1.807) is 0 Å². The number of carbonyl (C=O) groups is 1. The van der Waals surface area contributed by atoms with Crippen molar-refractivity contribution in [1.29, 1.82) is 0 Å². The van der Waals surface area contributed by atoms with E-state index in [9.17, 15) is 4.79 Å². The van der Waals surface area contributed by atoms with Crippen LogP contribution in [0.25, 0.3) is 0 Å². The molecule has 22 heavy (non-hydrogen) atoms. The van der Waals surface area contributed by atoms with E-state index in [2.05, 4.69) is 42.6 Å². The zero-order valence-electron chi connectivity index (χ0n) is 13.9. The quantitative estimate of drug-likeness (QED) is 0.879. The molecule has 0 aromatic heterocycles. The lowest BCUT2D eigenvalue weighted by Crippen LogP contribution is -2.30. The van der Waals surface area contributed by atoms with Gasteiger partial charge in [-0.3, -0.25) is 4.79 Å². The van der Waals surface area contributed by atoms with E-state index in [-0.39, 0.29) is 11.9 Å². The highest BCUT2D eigenvalue weighted by Gasteiger charge is 2.09. The van der Waals surface area contributed by atoms with Crippen LogP contribution in [0.3, 0.4) is 0 Å². The Morgan fingerprint density at radius 1 is 0.909 bits per heavy atom. The van der Waals surface area contributed by atoms with E-state index >= 15 is 0 Å². The van der Waals surface area contributed by atoms with Gasteiger partial charge in [0, 0.05) is 11.6 Å². The van der Waals surface area contributed by atoms with E-state index < -0.39 is 0 Å². The third kappa shape index (κ3) is 4.73. The summed E-state index contributed by atoms with van der Waals surface area (Å²) in [6.07, 6.45) is 1.95. The molecule has 0 atom stereocenters. The molecule has 2 aromatic rings. The Labute approximate surface area is 133 Å². The standard InChI is InChI=1S/C20H25NO/c1-14(2)21-20(22)19-12-16(4)11-18(13-19)10-9-17-7-5-15(3)6-8-17/h5-8,11-14H,9-10H2,1-4H3,(H,21,22). The first-order valence-corrected chi connectivity index (χ1v) is 7.91. The summed E-state index contributed by atoms with van der Waals surface area (Å²) in [5.41, 5.74) is 5.73. The van der Waals surface area contributed by atoms with Gasteiger partial charge in [0.25, 0.3) is 5.91 Å². The van der Waals surface area contributed by atoms with Crippen molar-refractivity contribution in [3.05, 3.63) is 70.3 Å². The first-order chi connectivity index (χ1) is 10.4. The van der Waals surface area contributed by atoms with Crippen molar-refractivity contribution in [1.82, 2.24) is 5.32 Å². The average Bonchev–Trinajstić information content (AvgIpc) is 2.45. The molecule has 0 aliphatic heterocycles. The number of nitrogens with one attached hydrogen (secondary N) is 1. The van der Waals surface area contributed by atoms with Gasteiger partial charge in [0.05, 0.1) is 0 Å². The van der Waals surface area contributed by atoms with Crippen LogP contribution in [0.1, 0.15) is 46.5 Å². The molecular formula is C20H25NO. The highest BCUT2D eigenvalue weighted by atomic mass is 16.1. The molecule has 2 aromatic carbocycles. The Morgan fingerprint density at radius 3 is 2.18 bits per heavy atom. The van der Waals surface area contributed by atoms with E-state index in [0.29, 0.717) is 0 Å². The second-order valence-corrected chi connectivity index (χ2v) is 6.32. The molecule has 0 fully saturated rings. The van der Waals surface area contributed by atoms with Crippen LogP contribution in [-0.4, -0.2) is 11.9 Å². The van der Waals surface area contributed by atoms with Crippen LogP contribution in [0.2, 0.25) is 0 Å². The van der Waals surface area contributed by atoms with Crippen LogP contribution in [0, 0.1) is 13.8 Å². The van der Waals surface area contributed by atoms with Crippen LogP contribution in [0.5, 0.6) is 0 Å².